The maximum Gasteiger partial charge on any atom is 0.461 e. The fourth-order valence-corrected chi connectivity index (χ4v) is 5.75. The standard InChI is InChI=1S/C21H28N7O10PS/c1-21(31)16(30)19(38-39(32,25-10-14(29)35-3)37-13-8-6-5-7-9-13)36-20(21)28-12-24-15-17(22-11-23-18(15)28)27(2)26-40(4,33)34/h5-9,11-12,16,19-20,26,30-31H,10H2,1-4H3,(H,25,32)/t16?,19?,20-,21-,39?/m1/s1. The zero-order valence-electron chi connectivity index (χ0n) is 21.7. The number of anilines is 1. The summed E-state index contributed by atoms with van der Waals surface area (Å²) in [6.45, 7) is 0.686. The molecule has 17 nitrogen and oxygen atoms in total. The van der Waals surface area contributed by atoms with Gasteiger partial charge in [0.05, 0.1) is 19.7 Å². The van der Waals surface area contributed by atoms with Gasteiger partial charge in [-0.25, -0.2) is 33.0 Å². The van der Waals surface area contributed by atoms with Crippen LogP contribution in [-0.2, 0) is 33.4 Å². The van der Waals surface area contributed by atoms with E-state index in [4.69, 9.17) is 13.8 Å². The largest absolute Gasteiger partial charge is 0.468 e. The van der Waals surface area contributed by atoms with Gasteiger partial charge in [0.1, 0.15) is 30.3 Å². The van der Waals surface area contributed by atoms with E-state index in [2.05, 4.69) is 29.6 Å². The van der Waals surface area contributed by atoms with Crippen molar-refractivity contribution in [1.82, 2.24) is 29.4 Å². The van der Waals surface area contributed by atoms with Crippen molar-refractivity contribution in [2.45, 2.75) is 31.1 Å². The Bertz CT molecular complexity index is 1520. The molecule has 0 bridgehead atoms. The molecule has 1 saturated heterocycles. The van der Waals surface area contributed by atoms with Crippen molar-refractivity contribution in [3.05, 3.63) is 43.0 Å². The number of benzene rings is 1. The molecule has 1 aliphatic rings. The number of carbonyl (C=O) groups is 1. The zero-order valence-corrected chi connectivity index (χ0v) is 23.4. The first-order valence-electron chi connectivity index (χ1n) is 11.5. The number of carbonyl (C=O) groups excluding carboxylic acids is 1. The monoisotopic (exact) mass is 601 g/mol. The van der Waals surface area contributed by atoms with Gasteiger partial charge >= 0.3 is 13.7 Å². The molecule has 0 saturated carbocycles. The van der Waals surface area contributed by atoms with Crippen molar-refractivity contribution < 1.29 is 46.5 Å². The third kappa shape index (κ3) is 6.39. The number of fused-ring (bicyclic) bond motifs is 1. The Hall–Kier alpha value is -3.22. The first-order valence-corrected chi connectivity index (χ1v) is 15.0. The van der Waals surface area contributed by atoms with Gasteiger partial charge in [-0.15, -0.1) is 4.83 Å². The molecular formula is C21H28N7O10PS. The van der Waals surface area contributed by atoms with E-state index in [0.29, 0.717) is 0 Å². The number of aliphatic hydroxyl groups excluding tert-OH is 1. The highest BCUT2D eigenvalue weighted by Crippen LogP contribution is 2.50. The highest BCUT2D eigenvalue weighted by Gasteiger charge is 2.56. The molecule has 40 heavy (non-hydrogen) atoms. The van der Waals surface area contributed by atoms with E-state index in [9.17, 15) is 28.0 Å². The SMILES string of the molecule is COC(=O)CNP(=O)(Oc1ccccc1)OC1O[C@@H](n2cnc3c(N(C)NS(C)(=O)=O)ncnc32)[C@](C)(O)C1O. The molecule has 1 aromatic carbocycles. The van der Waals surface area contributed by atoms with Gasteiger partial charge in [0.2, 0.25) is 16.3 Å². The van der Waals surface area contributed by atoms with Gasteiger partial charge in [0.15, 0.2) is 23.2 Å². The number of hydrogen-bond donors (Lipinski definition) is 4. The molecule has 5 atom stereocenters. The second-order valence-electron chi connectivity index (χ2n) is 8.89. The van der Waals surface area contributed by atoms with E-state index in [1.807, 2.05) is 0 Å². The maximum atomic E-state index is 13.6. The van der Waals surface area contributed by atoms with Crippen molar-refractivity contribution in [2.24, 2.45) is 0 Å². The average Bonchev–Trinajstić information content (AvgIpc) is 3.40. The van der Waals surface area contributed by atoms with Crippen LogP contribution >= 0.6 is 7.75 Å². The Kier molecular flexibility index (Phi) is 8.44. The van der Waals surface area contributed by atoms with Gasteiger partial charge in [0, 0.05) is 7.05 Å². The number of sulfonamides is 1. The summed E-state index contributed by atoms with van der Waals surface area (Å²) in [5.41, 5.74) is -1.81. The maximum absolute atomic E-state index is 13.6. The topological polar surface area (TPSA) is 217 Å². The lowest BCUT2D eigenvalue weighted by Crippen LogP contribution is -2.44. The smallest absolute Gasteiger partial charge is 0.461 e. The number of aliphatic hydroxyl groups is 2. The number of nitrogens with one attached hydrogen (secondary N) is 2. The Morgan fingerprint density at radius 2 is 1.98 bits per heavy atom. The summed E-state index contributed by atoms with van der Waals surface area (Å²) in [6, 6.07) is 7.91. The molecule has 3 heterocycles. The van der Waals surface area contributed by atoms with E-state index in [-0.39, 0.29) is 22.7 Å². The van der Waals surface area contributed by atoms with Crippen LogP contribution in [0, 0.1) is 0 Å². The predicted octanol–water partition coefficient (Wildman–Crippen LogP) is -0.340. The van der Waals surface area contributed by atoms with Gasteiger partial charge < -0.3 is 24.2 Å². The summed E-state index contributed by atoms with van der Waals surface area (Å²) in [5.74, 6) is -0.558. The molecule has 0 spiro atoms. The summed E-state index contributed by atoms with van der Waals surface area (Å²) in [6.07, 6.45) is -1.55. The number of para-hydroxylation sites is 1. The number of esters is 1. The van der Waals surface area contributed by atoms with Crippen LogP contribution < -0.4 is 19.5 Å². The normalized spacial score (nSPS) is 24.5. The Morgan fingerprint density at radius 1 is 1.27 bits per heavy atom. The zero-order chi connectivity index (χ0) is 29.3. The van der Waals surface area contributed by atoms with Gasteiger partial charge in [-0.2, -0.15) is 0 Å². The molecule has 1 fully saturated rings. The van der Waals surface area contributed by atoms with Crippen molar-refractivity contribution in [2.75, 3.05) is 32.0 Å². The number of nitrogens with zero attached hydrogens (tertiary/aromatic N) is 5. The third-order valence-electron chi connectivity index (χ3n) is 5.69. The van der Waals surface area contributed by atoms with Crippen molar-refractivity contribution in [3.63, 3.8) is 0 Å². The molecule has 3 aromatic rings. The molecule has 1 aliphatic heterocycles. The minimum Gasteiger partial charge on any atom is -0.468 e. The summed E-state index contributed by atoms with van der Waals surface area (Å²) in [5, 5.41) is 25.6. The van der Waals surface area contributed by atoms with E-state index in [1.165, 1.54) is 37.0 Å². The Labute approximate surface area is 228 Å². The van der Waals surface area contributed by atoms with Crippen LogP contribution in [0.5, 0.6) is 5.75 Å². The van der Waals surface area contributed by atoms with Gasteiger partial charge in [0.25, 0.3) is 0 Å². The molecule has 0 radical (unpaired) electrons. The Balaban J connectivity index is 1.63. The minimum absolute atomic E-state index is 0.0907. The molecule has 0 aliphatic carbocycles. The van der Waals surface area contributed by atoms with E-state index < -0.39 is 54.5 Å². The lowest BCUT2D eigenvalue weighted by atomic mass is 9.99. The highest BCUT2D eigenvalue weighted by atomic mass is 32.2. The summed E-state index contributed by atoms with van der Waals surface area (Å²) < 4.78 is 59.6. The molecule has 0 amide bonds. The number of hydrogen-bond acceptors (Lipinski definition) is 14. The second-order valence-corrected chi connectivity index (χ2v) is 12.3. The molecule has 4 N–H and O–H groups in total. The number of aromatic nitrogens is 4. The van der Waals surface area contributed by atoms with Gasteiger partial charge in [-0.3, -0.25) is 18.9 Å². The third-order valence-corrected chi connectivity index (χ3v) is 7.78. The summed E-state index contributed by atoms with van der Waals surface area (Å²) in [4.78, 5) is 26.4. The number of rotatable bonds is 11. The first-order chi connectivity index (χ1) is 18.7. The summed E-state index contributed by atoms with van der Waals surface area (Å²) in [7, 11) is -5.51. The van der Waals surface area contributed by atoms with Crippen LogP contribution in [0.2, 0.25) is 0 Å². The molecule has 4 rings (SSSR count). The van der Waals surface area contributed by atoms with Gasteiger partial charge in [-0.05, 0) is 19.1 Å². The number of ether oxygens (including phenoxy) is 2. The van der Waals surface area contributed by atoms with Gasteiger partial charge in [-0.1, -0.05) is 18.2 Å². The van der Waals surface area contributed by atoms with Crippen LogP contribution in [0.1, 0.15) is 13.2 Å². The van der Waals surface area contributed by atoms with E-state index in [0.717, 1.165) is 24.7 Å². The number of hydrazine groups is 1. The van der Waals surface area contributed by atoms with Crippen LogP contribution in [0.25, 0.3) is 11.2 Å². The predicted molar refractivity (Wildman–Crippen MR) is 138 cm³/mol. The molecule has 2 aromatic heterocycles. The van der Waals surface area contributed by atoms with Crippen LogP contribution in [0.4, 0.5) is 5.82 Å². The summed E-state index contributed by atoms with van der Waals surface area (Å²) >= 11 is 0. The average molecular weight is 602 g/mol. The lowest BCUT2D eigenvalue weighted by molar-refractivity contribution is -0.140. The van der Waals surface area contributed by atoms with Crippen LogP contribution in [0.15, 0.2) is 43.0 Å². The van der Waals surface area contributed by atoms with Crippen LogP contribution in [-0.4, -0.2) is 89.1 Å². The molecule has 218 valence electrons. The minimum atomic E-state index is -4.41. The highest BCUT2D eigenvalue weighted by molar-refractivity contribution is 7.88. The first kappa shape index (κ1) is 29.8. The fourth-order valence-electron chi connectivity index (χ4n) is 3.82. The quantitative estimate of drug-likeness (QED) is 0.126. The van der Waals surface area contributed by atoms with Crippen molar-refractivity contribution in [3.8, 4) is 5.75 Å². The van der Waals surface area contributed by atoms with Crippen molar-refractivity contribution >= 4 is 40.7 Å². The van der Waals surface area contributed by atoms with Crippen molar-refractivity contribution in [1.29, 1.82) is 0 Å². The number of imidazole rings is 1. The Morgan fingerprint density at radius 3 is 2.62 bits per heavy atom. The second kappa shape index (κ2) is 11.3. The fraction of sp³-hybridized carbons (Fsp3) is 0.429. The number of methoxy groups -OCH3 is 1. The molecule has 19 heteroatoms. The lowest BCUT2D eigenvalue weighted by Gasteiger charge is -2.27. The molecular weight excluding hydrogens is 573 g/mol. The van der Waals surface area contributed by atoms with Crippen LogP contribution in [0.3, 0.4) is 0 Å². The van der Waals surface area contributed by atoms with E-state index >= 15 is 0 Å². The molecule has 3 unspecified atom stereocenters. The van der Waals surface area contributed by atoms with E-state index in [1.54, 1.807) is 18.2 Å².